The molecule has 0 radical (unpaired) electrons. The maximum absolute atomic E-state index is 12.5. The fourth-order valence-electron chi connectivity index (χ4n) is 2.94. The molecule has 1 aromatic heterocycles. The molecule has 1 aliphatic heterocycles. The Bertz CT molecular complexity index is 704. The zero-order valence-corrected chi connectivity index (χ0v) is 14.5. The minimum Gasteiger partial charge on any atom is -0.356 e. The number of piperidine rings is 1. The number of anilines is 1. The molecule has 1 saturated heterocycles. The molecular formula is C18H21ClN4O. The van der Waals surface area contributed by atoms with Crippen molar-refractivity contribution in [2.75, 3.05) is 18.0 Å². The van der Waals surface area contributed by atoms with E-state index in [1.165, 1.54) is 5.56 Å². The van der Waals surface area contributed by atoms with Crippen molar-refractivity contribution in [2.24, 2.45) is 5.92 Å². The smallest absolute Gasteiger partial charge is 0.225 e. The summed E-state index contributed by atoms with van der Waals surface area (Å²) in [7, 11) is 0. The largest absolute Gasteiger partial charge is 0.356 e. The first-order valence-corrected chi connectivity index (χ1v) is 8.56. The molecule has 0 aliphatic carbocycles. The highest BCUT2D eigenvalue weighted by molar-refractivity contribution is 6.28. The van der Waals surface area contributed by atoms with Crippen LogP contribution < -0.4 is 10.2 Å². The van der Waals surface area contributed by atoms with Crippen molar-refractivity contribution >= 4 is 23.3 Å². The molecule has 0 saturated carbocycles. The van der Waals surface area contributed by atoms with Gasteiger partial charge < -0.3 is 10.2 Å². The first-order chi connectivity index (χ1) is 11.6. The van der Waals surface area contributed by atoms with Crippen molar-refractivity contribution in [1.82, 2.24) is 15.3 Å². The normalized spacial score (nSPS) is 17.6. The third-order valence-electron chi connectivity index (χ3n) is 4.32. The van der Waals surface area contributed by atoms with E-state index in [4.69, 9.17) is 11.6 Å². The van der Waals surface area contributed by atoms with E-state index in [-0.39, 0.29) is 17.1 Å². The van der Waals surface area contributed by atoms with Gasteiger partial charge in [0.1, 0.15) is 5.82 Å². The van der Waals surface area contributed by atoms with Gasteiger partial charge in [-0.05, 0) is 43.0 Å². The molecule has 1 aromatic carbocycles. The lowest BCUT2D eigenvalue weighted by molar-refractivity contribution is -0.125. The summed E-state index contributed by atoms with van der Waals surface area (Å²) in [5.41, 5.74) is 2.33. The molecule has 1 aliphatic rings. The average molecular weight is 345 g/mol. The number of nitrogens with zero attached hydrogens (tertiary/aromatic N) is 3. The molecule has 0 unspecified atom stereocenters. The average Bonchev–Trinajstić information content (AvgIpc) is 2.61. The molecule has 2 heterocycles. The molecule has 1 amide bonds. The number of amides is 1. The highest BCUT2D eigenvalue weighted by Gasteiger charge is 2.26. The van der Waals surface area contributed by atoms with E-state index < -0.39 is 0 Å². The fourth-order valence-corrected chi connectivity index (χ4v) is 3.08. The Balaban J connectivity index is 1.57. The maximum atomic E-state index is 12.5. The maximum Gasteiger partial charge on any atom is 0.225 e. The first kappa shape index (κ1) is 16.7. The third-order valence-corrected chi connectivity index (χ3v) is 4.50. The Morgan fingerprint density at radius 2 is 2.12 bits per heavy atom. The molecule has 5 nitrogen and oxygen atoms in total. The topological polar surface area (TPSA) is 58.1 Å². The lowest BCUT2D eigenvalue weighted by atomic mass is 9.97. The molecular weight excluding hydrogens is 324 g/mol. The summed E-state index contributed by atoms with van der Waals surface area (Å²) in [5, 5.41) is 3.28. The summed E-state index contributed by atoms with van der Waals surface area (Å²) in [6.45, 7) is 4.16. The summed E-state index contributed by atoms with van der Waals surface area (Å²) in [6.07, 6.45) is 3.50. The van der Waals surface area contributed by atoms with Crippen molar-refractivity contribution < 1.29 is 4.79 Å². The summed E-state index contributed by atoms with van der Waals surface area (Å²) >= 11 is 5.86. The number of nitrogens with one attached hydrogen (secondary N) is 1. The summed E-state index contributed by atoms with van der Waals surface area (Å²) < 4.78 is 0. The lowest BCUT2D eigenvalue weighted by Gasteiger charge is -2.32. The summed E-state index contributed by atoms with van der Waals surface area (Å²) in [6, 6.07) is 10.0. The number of aryl methyl sites for hydroxylation is 1. The van der Waals surface area contributed by atoms with Crippen LogP contribution in [0.5, 0.6) is 0 Å². The lowest BCUT2D eigenvalue weighted by Crippen LogP contribution is -2.43. The Kier molecular flexibility index (Phi) is 5.30. The van der Waals surface area contributed by atoms with Gasteiger partial charge in [0.25, 0.3) is 0 Å². The molecule has 1 fully saturated rings. The second kappa shape index (κ2) is 7.62. The number of halogens is 1. The number of benzene rings is 1. The number of hydrogen-bond donors (Lipinski definition) is 1. The Labute approximate surface area is 147 Å². The Morgan fingerprint density at radius 1 is 1.33 bits per heavy atom. The number of rotatable bonds is 4. The van der Waals surface area contributed by atoms with Crippen LogP contribution in [0.25, 0.3) is 0 Å². The summed E-state index contributed by atoms with van der Waals surface area (Å²) in [5.74, 6) is 0.851. The van der Waals surface area contributed by atoms with Gasteiger partial charge in [0, 0.05) is 25.8 Å². The number of aromatic nitrogens is 2. The molecule has 3 rings (SSSR count). The minimum absolute atomic E-state index is 0.0297. The van der Waals surface area contributed by atoms with Gasteiger partial charge in [-0.25, -0.2) is 9.97 Å². The van der Waals surface area contributed by atoms with Gasteiger partial charge in [-0.1, -0.05) is 29.8 Å². The van der Waals surface area contributed by atoms with E-state index in [1.54, 1.807) is 6.20 Å². The van der Waals surface area contributed by atoms with E-state index in [1.807, 2.05) is 18.2 Å². The van der Waals surface area contributed by atoms with Crippen molar-refractivity contribution in [3.05, 3.63) is 52.9 Å². The zero-order valence-electron chi connectivity index (χ0n) is 13.7. The number of carbonyl (C=O) groups is 1. The molecule has 2 aromatic rings. The van der Waals surface area contributed by atoms with Crippen LogP contribution in [0, 0.1) is 12.8 Å². The predicted octanol–water partition coefficient (Wildman–Crippen LogP) is 2.97. The van der Waals surface area contributed by atoms with Gasteiger partial charge >= 0.3 is 0 Å². The summed E-state index contributed by atoms with van der Waals surface area (Å²) in [4.78, 5) is 22.7. The van der Waals surface area contributed by atoms with Gasteiger partial charge in [-0.3, -0.25) is 4.79 Å². The van der Waals surface area contributed by atoms with E-state index >= 15 is 0 Å². The number of hydrogen-bond acceptors (Lipinski definition) is 4. The van der Waals surface area contributed by atoms with Crippen molar-refractivity contribution in [2.45, 2.75) is 26.3 Å². The highest BCUT2D eigenvalue weighted by atomic mass is 35.5. The SMILES string of the molecule is Cc1ccc(CNC(=O)[C@H]2CCCN(c3ccnc(Cl)n3)C2)cc1. The van der Waals surface area contributed by atoms with Gasteiger partial charge in [-0.15, -0.1) is 0 Å². The van der Waals surface area contributed by atoms with E-state index in [9.17, 15) is 4.79 Å². The van der Waals surface area contributed by atoms with Gasteiger partial charge in [0.2, 0.25) is 11.2 Å². The molecule has 126 valence electrons. The van der Waals surface area contributed by atoms with E-state index in [0.29, 0.717) is 13.1 Å². The van der Waals surface area contributed by atoms with Crippen LogP contribution in [0.3, 0.4) is 0 Å². The van der Waals surface area contributed by atoms with Crippen molar-refractivity contribution in [3.63, 3.8) is 0 Å². The minimum atomic E-state index is -0.0297. The molecule has 0 bridgehead atoms. The molecule has 1 atom stereocenters. The second-order valence-electron chi connectivity index (χ2n) is 6.17. The van der Waals surface area contributed by atoms with Crippen LogP contribution >= 0.6 is 11.6 Å². The molecule has 24 heavy (non-hydrogen) atoms. The quantitative estimate of drug-likeness (QED) is 0.866. The standard InChI is InChI=1S/C18H21ClN4O/c1-13-4-6-14(7-5-13)11-21-17(24)15-3-2-10-23(12-15)16-8-9-20-18(19)22-16/h4-9,15H,2-3,10-12H2,1H3,(H,21,24)/t15-/m0/s1. The Morgan fingerprint density at radius 3 is 2.88 bits per heavy atom. The third kappa shape index (κ3) is 4.23. The van der Waals surface area contributed by atoms with Crippen LogP contribution in [-0.2, 0) is 11.3 Å². The molecule has 1 N–H and O–H groups in total. The van der Waals surface area contributed by atoms with Crippen molar-refractivity contribution in [3.8, 4) is 0 Å². The van der Waals surface area contributed by atoms with Gasteiger partial charge in [-0.2, -0.15) is 0 Å². The zero-order chi connectivity index (χ0) is 16.9. The highest BCUT2D eigenvalue weighted by Crippen LogP contribution is 2.22. The van der Waals surface area contributed by atoms with Gasteiger partial charge in [0.15, 0.2) is 0 Å². The van der Waals surface area contributed by atoms with Crippen LogP contribution in [0.2, 0.25) is 5.28 Å². The van der Waals surface area contributed by atoms with Crippen LogP contribution in [0.4, 0.5) is 5.82 Å². The number of carbonyl (C=O) groups excluding carboxylic acids is 1. The van der Waals surface area contributed by atoms with Crippen LogP contribution in [0.1, 0.15) is 24.0 Å². The monoisotopic (exact) mass is 344 g/mol. The van der Waals surface area contributed by atoms with Crippen molar-refractivity contribution in [1.29, 1.82) is 0 Å². The van der Waals surface area contributed by atoms with Crippen LogP contribution in [-0.4, -0.2) is 29.0 Å². The Hall–Kier alpha value is -2.14. The van der Waals surface area contributed by atoms with Gasteiger partial charge in [0.05, 0.1) is 5.92 Å². The molecule has 0 spiro atoms. The second-order valence-corrected chi connectivity index (χ2v) is 6.51. The van der Waals surface area contributed by atoms with E-state index in [2.05, 4.69) is 39.2 Å². The molecule has 6 heteroatoms. The van der Waals surface area contributed by atoms with E-state index in [0.717, 1.165) is 30.8 Å². The van der Waals surface area contributed by atoms with Crippen LogP contribution in [0.15, 0.2) is 36.5 Å². The fraction of sp³-hybridized carbons (Fsp3) is 0.389. The predicted molar refractivity (Wildman–Crippen MR) is 95.0 cm³/mol. The first-order valence-electron chi connectivity index (χ1n) is 8.18.